The summed E-state index contributed by atoms with van der Waals surface area (Å²) < 4.78 is 47.6. The largest absolute Gasteiger partial charge is 0.471 e. The van der Waals surface area contributed by atoms with Crippen LogP contribution >= 0.6 is 0 Å². The molecule has 1 aromatic carbocycles. The maximum atomic E-state index is 12.1. The second-order valence-corrected chi connectivity index (χ2v) is 6.13. The molecule has 0 saturated heterocycles. The van der Waals surface area contributed by atoms with Crippen LogP contribution in [0.5, 0.6) is 0 Å². The van der Waals surface area contributed by atoms with E-state index in [1.54, 1.807) is 17.4 Å². The summed E-state index contributed by atoms with van der Waals surface area (Å²) in [7, 11) is -0.852. The smallest absolute Gasteiger partial charge is 0.318 e. The van der Waals surface area contributed by atoms with Crippen LogP contribution in [0.1, 0.15) is 12.5 Å². The van der Waals surface area contributed by atoms with Crippen molar-refractivity contribution in [2.24, 2.45) is 0 Å². The van der Waals surface area contributed by atoms with Gasteiger partial charge in [-0.05, 0) is 17.7 Å². The fourth-order valence-electron chi connectivity index (χ4n) is 1.52. The third kappa shape index (κ3) is 6.72. The van der Waals surface area contributed by atoms with Crippen LogP contribution in [0.4, 0.5) is 18.9 Å². The van der Waals surface area contributed by atoms with Crippen molar-refractivity contribution in [1.82, 2.24) is 5.32 Å². The quantitative estimate of drug-likeness (QED) is 0.756. The topological polar surface area (TPSA) is 58.2 Å². The van der Waals surface area contributed by atoms with E-state index >= 15 is 0 Å². The number of halogens is 3. The fraction of sp³-hybridized carbons (Fsp3) is 0.462. The molecular formula is C13H17F3N2O2S. The average Bonchev–Trinajstić information content (AvgIpc) is 2.42. The summed E-state index contributed by atoms with van der Waals surface area (Å²) in [5.74, 6) is -0.868. The van der Waals surface area contributed by atoms with E-state index in [2.05, 4.69) is 5.32 Å². The molecule has 0 spiro atoms. The van der Waals surface area contributed by atoms with Gasteiger partial charge >= 0.3 is 12.1 Å². The van der Waals surface area contributed by atoms with E-state index < -0.39 is 22.9 Å². The van der Waals surface area contributed by atoms with Crippen LogP contribution < -0.4 is 10.6 Å². The first kappa shape index (κ1) is 17.6. The van der Waals surface area contributed by atoms with Crippen molar-refractivity contribution in [3.63, 3.8) is 0 Å². The number of alkyl halides is 3. The van der Waals surface area contributed by atoms with Crippen molar-refractivity contribution in [3.8, 4) is 0 Å². The first-order chi connectivity index (χ1) is 9.82. The van der Waals surface area contributed by atoms with Gasteiger partial charge in [0.2, 0.25) is 0 Å². The van der Waals surface area contributed by atoms with Crippen LogP contribution in [0, 0.1) is 0 Å². The number of carbonyl (C=O) groups is 1. The van der Waals surface area contributed by atoms with E-state index in [0.717, 1.165) is 5.56 Å². The number of carbonyl (C=O) groups excluding carboxylic acids is 1. The predicted molar refractivity (Wildman–Crippen MR) is 76.4 cm³/mol. The molecule has 2 N–H and O–H groups in total. The van der Waals surface area contributed by atoms with E-state index in [-0.39, 0.29) is 5.69 Å². The number of benzene rings is 1. The van der Waals surface area contributed by atoms with E-state index in [1.807, 2.05) is 6.92 Å². The third-order valence-electron chi connectivity index (χ3n) is 2.60. The first-order valence-corrected chi connectivity index (χ1v) is 7.84. The number of nitrogens with one attached hydrogen (secondary N) is 2. The Morgan fingerprint density at radius 1 is 1.33 bits per heavy atom. The molecule has 0 radical (unpaired) electrons. The Hall–Kier alpha value is -1.41. The van der Waals surface area contributed by atoms with Crippen LogP contribution in [-0.4, -0.2) is 34.3 Å². The highest BCUT2D eigenvalue weighted by Gasteiger charge is 2.38. The minimum absolute atomic E-state index is 0.0914. The summed E-state index contributed by atoms with van der Waals surface area (Å²) in [5.41, 5.74) is 0.825. The number of hydrogen-bond donors (Lipinski definition) is 2. The number of hydrogen-bond acceptors (Lipinski definition) is 3. The molecule has 4 nitrogen and oxygen atoms in total. The molecule has 0 saturated carbocycles. The van der Waals surface area contributed by atoms with Gasteiger partial charge in [-0.15, -0.1) is 0 Å². The molecule has 1 amide bonds. The van der Waals surface area contributed by atoms with Gasteiger partial charge in [-0.2, -0.15) is 13.2 Å². The maximum Gasteiger partial charge on any atom is 0.471 e. The van der Waals surface area contributed by atoms with Gasteiger partial charge in [0, 0.05) is 41.1 Å². The molecule has 0 fully saturated rings. The molecule has 21 heavy (non-hydrogen) atoms. The molecule has 1 atom stereocenters. The lowest BCUT2D eigenvalue weighted by Crippen LogP contribution is -2.30. The zero-order valence-corrected chi connectivity index (χ0v) is 12.3. The van der Waals surface area contributed by atoms with Crippen molar-refractivity contribution in [3.05, 3.63) is 29.8 Å². The minimum atomic E-state index is -4.90. The van der Waals surface area contributed by atoms with Crippen molar-refractivity contribution in [1.29, 1.82) is 0 Å². The molecular weight excluding hydrogens is 305 g/mol. The van der Waals surface area contributed by atoms with Crippen molar-refractivity contribution < 1.29 is 22.2 Å². The van der Waals surface area contributed by atoms with Gasteiger partial charge in [0.1, 0.15) is 0 Å². The Kier molecular flexibility index (Phi) is 6.83. The summed E-state index contributed by atoms with van der Waals surface area (Å²) in [6.45, 7) is 2.82. The lowest BCUT2D eigenvalue weighted by atomic mass is 10.2. The normalized spacial score (nSPS) is 13.0. The van der Waals surface area contributed by atoms with E-state index in [1.165, 1.54) is 12.1 Å². The lowest BCUT2D eigenvalue weighted by molar-refractivity contribution is -0.167. The summed E-state index contributed by atoms with van der Waals surface area (Å²) >= 11 is 0. The second kappa shape index (κ2) is 8.14. The molecule has 1 rings (SSSR count). The minimum Gasteiger partial charge on any atom is -0.318 e. The summed E-state index contributed by atoms with van der Waals surface area (Å²) in [5, 5.41) is 4.85. The van der Waals surface area contributed by atoms with Gasteiger partial charge in [0.05, 0.1) is 0 Å². The second-order valence-electron chi connectivity index (χ2n) is 4.26. The Balaban J connectivity index is 2.49. The molecule has 0 heterocycles. The Labute approximate surface area is 123 Å². The molecule has 0 aliphatic heterocycles. The Morgan fingerprint density at radius 2 is 2.05 bits per heavy atom. The van der Waals surface area contributed by atoms with E-state index in [4.69, 9.17) is 0 Å². The van der Waals surface area contributed by atoms with Gasteiger partial charge in [-0.25, -0.2) is 0 Å². The highest BCUT2D eigenvalue weighted by atomic mass is 32.2. The van der Waals surface area contributed by atoms with Crippen molar-refractivity contribution in [2.45, 2.75) is 19.6 Å². The lowest BCUT2D eigenvalue weighted by Gasteiger charge is -2.10. The Morgan fingerprint density at radius 3 is 2.67 bits per heavy atom. The zero-order valence-electron chi connectivity index (χ0n) is 11.5. The van der Waals surface area contributed by atoms with Crippen molar-refractivity contribution in [2.75, 3.05) is 23.4 Å². The van der Waals surface area contributed by atoms with Crippen molar-refractivity contribution >= 4 is 22.4 Å². The molecule has 8 heteroatoms. The molecule has 118 valence electrons. The summed E-state index contributed by atoms with van der Waals surface area (Å²) in [6, 6.07) is 6.15. The van der Waals surface area contributed by atoms with Crippen LogP contribution in [-0.2, 0) is 22.1 Å². The van der Waals surface area contributed by atoms with E-state index in [9.17, 15) is 22.2 Å². The summed E-state index contributed by atoms with van der Waals surface area (Å²) in [6.07, 6.45) is -4.90. The summed E-state index contributed by atoms with van der Waals surface area (Å²) in [4.78, 5) is 10.8. The molecule has 1 aromatic rings. The van der Waals surface area contributed by atoms with Gasteiger partial charge in [-0.1, -0.05) is 19.1 Å². The number of anilines is 1. The highest BCUT2D eigenvalue weighted by Crippen LogP contribution is 2.18. The zero-order chi connectivity index (χ0) is 15.9. The van der Waals surface area contributed by atoms with Gasteiger partial charge in [0.25, 0.3) is 0 Å². The van der Waals surface area contributed by atoms with Crippen LogP contribution in [0.15, 0.2) is 24.3 Å². The molecule has 0 bridgehead atoms. The molecule has 0 aliphatic rings. The first-order valence-electron chi connectivity index (χ1n) is 6.35. The molecule has 1 unspecified atom stereocenters. The Bertz CT molecular complexity index is 506. The average molecular weight is 322 g/mol. The van der Waals surface area contributed by atoms with Gasteiger partial charge < -0.3 is 10.6 Å². The monoisotopic (exact) mass is 322 g/mol. The molecule has 0 aliphatic carbocycles. The van der Waals surface area contributed by atoms with Gasteiger partial charge in [0.15, 0.2) is 0 Å². The number of amides is 1. The van der Waals surface area contributed by atoms with Gasteiger partial charge in [-0.3, -0.25) is 9.00 Å². The predicted octanol–water partition coefficient (Wildman–Crippen LogP) is 2.05. The van der Waals surface area contributed by atoms with Crippen LogP contribution in [0.2, 0.25) is 0 Å². The van der Waals surface area contributed by atoms with Crippen LogP contribution in [0.25, 0.3) is 0 Å². The fourth-order valence-corrected chi connectivity index (χ4v) is 2.18. The molecule has 0 aromatic heterocycles. The van der Waals surface area contributed by atoms with Crippen LogP contribution in [0.3, 0.4) is 0 Å². The highest BCUT2D eigenvalue weighted by molar-refractivity contribution is 7.84. The third-order valence-corrected chi connectivity index (χ3v) is 3.90. The van der Waals surface area contributed by atoms with E-state index in [0.29, 0.717) is 24.6 Å². The SMILES string of the molecule is CCS(=O)CCNCc1cccc(NC(=O)C(F)(F)F)c1. The maximum absolute atomic E-state index is 12.1. The standard InChI is InChI=1S/C13H17F3N2O2S/c1-2-21(20)7-6-17-9-10-4-3-5-11(8-10)18-12(19)13(14,15)16/h3-5,8,17H,2,6-7,9H2,1H3,(H,18,19). The number of rotatable bonds is 7.